The van der Waals surface area contributed by atoms with Crippen LogP contribution in [0, 0.1) is 6.92 Å². The fourth-order valence-electron chi connectivity index (χ4n) is 3.26. The number of pyridine rings is 1. The van der Waals surface area contributed by atoms with Crippen molar-refractivity contribution in [2.24, 2.45) is 0 Å². The molecule has 0 aliphatic rings. The number of aromatic nitrogens is 4. The molecule has 1 aromatic carbocycles. The van der Waals surface area contributed by atoms with Crippen molar-refractivity contribution in [1.82, 2.24) is 19.6 Å². The van der Waals surface area contributed by atoms with Crippen LogP contribution in [-0.2, 0) is 16.3 Å². The second kappa shape index (κ2) is 9.26. The van der Waals surface area contributed by atoms with E-state index in [0.29, 0.717) is 12.1 Å². The molecule has 8 heteroatoms. The molecule has 0 atom stereocenters. The summed E-state index contributed by atoms with van der Waals surface area (Å²) < 4.78 is 28.7. The Kier molecular flexibility index (Phi) is 6.70. The van der Waals surface area contributed by atoms with E-state index < -0.39 is 9.84 Å². The van der Waals surface area contributed by atoms with Gasteiger partial charge in [-0.15, -0.1) is 5.10 Å². The van der Waals surface area contributed by atoms with Gasteiger partial charge in [0, 0.05) is 30.7 Å². The lowest BCUT2D eigenvalue weighted by atomic mass is 10.1. The number of sulfone groups is 1. The Balaban J connectivity index is 0.00000132. The van der Waals surface area contributed by atoms with Gasteiger partial charge in [0.25, 0.3) is 0 Å². The maximum atomic E-state index is 13.5. The SMILES string of the molecule is CC.CCc1cc(-c2cccnc2)n2nc(NC)c(S(=O)(=O)c3cccc(C)c3)c2n1. The van der Waals surface area contributed by atoms with E-state index in [2.05, 4.69) is 20.4 Å². The van der Waals surface area contributed by atoms with E-state index in [9.17, 15) is 8.42 Å². The Morgan fingerprint density at radius 2 is 1.87 bits per heavy atom. The Bertz CT molecular complexity index is 1300. The molecule has 0 aliphatic heterocycles. The predicted octanol–water partition coefficient (Wildman–Crippen LogP) is 4.56. The third-order valence-corrected chi connectivity index (χ3v) is 6.51. The highest BCUT2D eigenvalue weighted by molar-refractivity contribution is 7.91. The number of nitrogens with zero attached hydrogens (tertiary/aromatic N) is 4. The molecule has 4 rings (SSSR count). The van der Waals surface area contributed by atoms with Gasteiger partial charge in [0.15, 0.2) is 16.4 Å². The number of aryl methyl sites for hydroxylation is 2. The van der Waals surface area contributed by atoms with Crippen molar-refractivity contribution in [2.45, 2.75) is 43.9 Å². The molecule has 0 bridgehead atoms. The van der Waals surface area contributed by atoms with Crippen LogP contribution >= 0.6 is 0 Å². The summed E-state index contributed by atoms with van der Waals surface area (Å²) in [6.07, 6.45) is 4.08. The number of fused-ring (bicyclic) bond motifs is 1. The van der Waals surface area contributed by atoms with Crippen LogP contribution in [0.1, 0.15) is 32.0 Å². The van der Waals surface area contributed by atoms with E-state index in [1.807, 2.05) is 52.0 Å². The standard InChI is InChI=1S/C21H21N5O2S.C2H6/c1-4-16-12-18(15-8-6-10-23-13-15)26-21(24-16)19(20(22-3)25-26)29(27,28)17-9-5-7-14(2)11-17;1-2/h5-13H,4H2,1-3H3,(H,22,25);1-2H3. The zero-order valence-electron chi connectivity index (χ0n) is 18.4. The third kappa shape index (κ3) is 4.16. The van der Waals surface area contributed by atoms with E-state index >= 15 is 0 Å². The Morgan fingerprint density at radius 1 is 1.10 bits per heavy atom. The van der Waals surface area contributed by atoms with Crippen LogP contribution < -0.4 is 5.32 Å². The molecule has 7 nitrogen and oxygen atoms in total. The summed E-state index contributed by atoms with van der Waals surface area (Å²) in [4.78, 5) is 9.10. The van der Waals surface area contributed by atoms with Crippen molar-refractivity contribution in [3.8, 4) is 11.3 Å². The van der Waals surface area contributed by atoms with Crippen molar-refractivity contribution in [3.05, 3.63) is 66.1 Å². The molecule has 0 amide bonds. The second-order valence-electron chi connectivity index (χ2n) is 6.71. The molecule has 0 saturated heterocycles. The van der Waals surface area contributed by atoms with Crippen LogP contribution in [0.2, 0.25) is 0 Å². The second-order valence-corrected chi connectivity index (χ2v) is 8.60. The molecule has 3 aromatic heterocycles. The van der Waals surface area contributed by atoms with Crippen molar-refractivity contribution < 1.29 is 8.42 Å². The molecular weight excluding hydrogens is 410 g/mol. The van der Waals surface area contributed by atoms with Gasteiger partial charge < -0.3 is 5.32 Å². The molecule has 0 radical (unpaired) electrons. The Hall–Kier alpha value is -3.26. The Morgan fingerprint density at radius 3 is 2.48 bits per heavy atom. The fourth-order valence-corrected chi connectivity index (χ4v) is 4.86. The van der Waals surface area contributed by atoms with Gasteiger partial charge in [-0.2, -0.15) is 0 Å². The van der Waals surface area contributed by atoms with Crippen LogP contribution in [0.25, 0.3) is 16.9 Å². The van der Waals surface area contributed by atoms with Gasteiger partial charge in [0.05, 0.1) is 10.6 Å². The molecular formula is C23H27N5O2S. The molecule has 0 unspecified atom stereocenters. The highest BCUT2D eigenvalue weighted by Crippen LogP contribution is 2.33. The largest absolute Gasteiger partial charge is 0.370 e. The van der Waals surface area contributed by atoms with Gasteiger partial charge in [-0.1, -0.05) is 32.9 Å². The average Bonchev–Trinajstić information content (AvgIpc) is 3.19. The highest BCUT2D eigenvalue weighted by atomic mass is 32.2. The van der Waals surface area contributed by atoms with E-state index in [4.69, 9.17) is 0 Å². The van der Waals surface area contributed by atoms with Crippen LogP contribution in [0.15, 0.2) is 64.6 Å². The van der Waals surface area contributed by atoms with Gasteiger partial charge >= 0.3 is 0 Å². The van der Waals surface area contributed by atoms with Crippen LogP contribution in [0.5, 0.6) is 0 Å². The monoisotopic (exact) mass is 437 g/mol. The lowest BCUT2D eigenvalue weighted by Gasteiger charge is -2.08. The number of benzene rings is 1. The number of hydrogen-bond donors (Lipinski definition) is 1. The number of hydrogen-bond acceptors (Lipinski definition) is 6. The summed E-state index contributed by atoms with van der Waals surface area (Å²) in [5.74, 6) is 0.261. The average molecular weight is 438 g/mol. The lowest BCUT2D eigenvalue weighted by Crippen LogP contribution is -2.06. The Labute approximate surface area is 183 Å². The molecule has 31 heavy (non-hydrogen) atoms. The summed E-state index contributed by atoms with van der Waals surface area (Å²) in [5, 5.41) is 7.46. The van der Waals surface area contributed by atoms with E-state index in [-0.39, 0.29) is 15.6 Å². The predicted molar refractivity (Wildman–Crippen MR) is 123 cm³/mol. The molecule has 0 fully saturated rings. The summed E-state index contributed by atoms with van der Waals surface area (Å²) in [7, 11) is -2.18. The molecule has 0 aliphatic carbocycles. The van der Waals surface area contributed by atoms with E-state index in [1.54, 1.807) is 42.2 Å². The smallest absolute Gasteiger partial charge is 0.214 e. The first kappa shape index (κ1) is 22.4. The molecule has 1 N–H and O–H groups in total. The summed E-state index contributed by atoms with van der Waals surface area (Å²) >= 11 is 0. The van der Waals surface area contributed by atoms with Crippen LogP contribution in [0.4, 0.5) is 5.82 Å². The molecule has 3 heterocycles. The van der Waals surface area contributed by atoms with Crippen LogP contribution in [-0.4, -0.2) is 35.0 Å². The topological polar surface area (TPSA) is 89.2 Å². The molecule has 4 aromatic rings. The minimum absolute atomic E-state index is 0.0750. The first-order valence-electron chi connectivity index (χ1n) is 10.3. The summed E-state index contributed by atoms with van der Waals surface area (Å²) in [6, 6.07) is 12.5. The first-order chi connectivity index (χ1) is 15.0. The van der Waals surface area contributed by atoms with Gasteiger partial charge in [0.2, 0.25) is 9.84 Å². The molecule has 0 saturated carbocycles. The third-order valence-electron chi connectivity index (χ3n) is 4.72. The minimum atomic E-state index is -3.84. The molecule has 162 valence electrons. The van der Waals surface area contributed by atoms with Gasteiger partial charge in [0.1, 0.15) is 0 Å². The zero-order valence-corrected chi connectivity index (χ0v) is 19.2. The quantitative estimate of drug-likeness (QED) is 0.492. The number of rotatable bonds is 5. The van der Waals surface area contributed by atoms with Crippen molar-refractivity contribution in [1.29, 1.82) is 0 Å². The number of anilines is 1. The van der Waals surface area contributed by atoms with Crippen molar-refractivity contribution in [3.63, 3.8) is 0 Å². The van der Waals surface area contributed by atoms with E-state index in [0.717, 1.165) is 22.5 Å². The lowest BCUT2D eigenvalue weighted by molar-refractivity contribution is 0.597. The maximum absolute atomic E-state index is 13.5. The number of nitrogens with one attached hydrogen (secondary N) is 1. The molecule has 0 spiro atoms. The van der Waals surface area contributed by atoms with Gasteiger partial charge in [-0.25, -0.2) is 17.9 Å². The minimum Gasteiger partial charge on any atom is -0.370 e. The van der Waals surface area contributed by atoms with Crippen molar-refractivity contribution in [2.75, 3.05) is 12.4 Å². The summed E-state index contributed by atoms with van der Waals surface area (Å²) in [5.41, 5.74) is 3.52. The van der Waals surface area contributed by atoms with Gasteiger partial charge in [-0.05, 0) is 49.2 Å². The van der Waals surface area contributed by atoms with Gasteiger partial charge in [-0.3, -0.25) is 4.98 Å². The maximum Gasteiger partial charge on any atom is 0.214 e. The fraction of sp³-hybridized carbons (Fsp3) is 0.261. The summed E-state index contributed by atoms with van der Waals surface area (Å²) in [6.45, 7) is 7.85. The highest BCUT2D eigenvalue weighted by Gasteiger charge is 2.29. The normalized spacial score (nSPS) is 11.1. The van der Waals surface area contributed by atoms with E-state index in [1.165, 1.54) is 0 Å². The first-order valence-corrected chi connectivity index (χ1v) is 11.8. The van der Waals surface area contributed by atoms with Crippen LogP contribution in [0.3, 0.4) is 0 Å². The zero-order chi connectivity index (χ0) is 22.6. The van der Waals surface area contributed by atoms with Crippen molar-refractivity contribution >= 4 is 21.3 Å².